The van der Waals surface area contributed by atoms with Crippen LogP contribution in [0.25, 0.3) is 66.6 Å². The standard InChI is InChI=1S/C72H84N4O11/c1-9-55-47(5)69-67-59-17-13-15-19-65(59)86-43-37-80-35-41-84-53-25-21-51(22-26-53)82-39-33-78-31-29-77-30-32-79-34-40-83-52-23-27-54(28-24-52)85-42-36-81-38-44-87-66-20-16-14-18-60(66)68(71-48(6)56(10-2)62(74-71)45-61(55)73-69)72-50(8)58(12-4)64(76-72)46-63-57(11-3)49(7)70(67)75-63/h13-28,45-46,73,75H,9-12,29-44H2,1-8H3. The SMILES string of the molecule is CCC1=C(C)c2nc1cc1[nH]c(c(C)c1CC)c1c3[nH]c(cc4nc(c2-c2ccccc2OCCOCCOc2ccc(cc2)OCCOCCOCCOCCOc2ccc(cc2)OCCOCCOc2ccccc2-1)C(C)=C4CC)c(CC)c3C. The number of para-hydroxylation sites is 2. The largest absolute Gasteiger partial charge is 0.491 e. The van der Waals surface area contributed by atoms with Crippen molar-refractivity contribution in [2.75, 3.05) is 106 Å². The molecule has 0 saturated heterocycles. The smallest absolute Gasteiger partial charge is 0.127 e. The van der Waals surface area contributed by atoms with Gasteiger partial charge in [-0.05, 0) is 171 Å². The van der Waals surface area contributed by atoms with Gasteiger partial charge in [0.2, 0.25) is 0 Å². The highest BCUT2D eigenvalue weighted by Gasteiger charge is 2.28. The van der Waals surface area contributed by atoms with Crippen LogP contribution in [0, 0.1) is 13.8 Å². The highest BCUT2D eigenvalue weighted by molar-refractivity contribution is 6.04. The third-order valence-corrected chi connectivity index (χ3v) is 16.1. The first-order valence-electron chi connectivity index (χ1n) is 30.9. The van der Waals surface area contributed by atoms with Gasteiger partial charge in [0.05, 0.1) is 99.9 Å². The number of aromatic nitrogens is 4. The van der Waals surface area contributed by atoms with Gasteiger partial charge < -0.3 is 62.1 Å². The molecule has 4 aromatic carbocycles. The van der Waals surface area contributed by atoms with E-state index in [-0.39, 0.29) is 0 Å². The molecule has 0 saturated carbocycles. The molecule has 15 heteroatoms. The summed E-state index contributed by atoms with van der Waals surface area (Å²) < 4.78 is 66.4. The van der Waals surface area contributed by atoms with E-state index in [0.717, 1.165) is 138 Å². The third kappa shape index (κ3) is 14.9. The van der Waals surface area contributed by atoms with Crippen molar-refractivity contribution in [2.24, 2.45) is 0 Å². The summed E-state index contributed by atoms with van der Waals surface area (Å²) in [6.45, 7) is 24.3. The van der Waals surface area contributed by atoms with E-state index >= 15 is 0 Å². The minimum absolute atomic E-state index is 0.329. The number of ether oxygens (including phenoxy) is 11. The van der Waals surface area contributed by atoms with Crippen LogP contribution >= 0.6 is 0 Å². The summed E-state index contributed by atoms with van der Waals surface area (Å²) in [7, 11) is 0. The van der Waals surface area contributed by atoms with Crippen LogP contribution in [0.3, 0.4) is 0 Å². The first-order valence-corrected chi connectivity index (χ1v) is 30.9. The topological polar surface area (TPSA) is 159 Å². The minimum atomic E-state index is 0.329. The fraction of sp³-hybridized carbons (Fsp3) is 0.389. The van der Waals surface area contributed by atoms with E-state index in [9.17, 15) is 0 Å². The number of benzene rings is 4. The monoisotopic (exact) mass is 1180 g/mol. The Hall–Kier alpha value is -7.92. The van der Waals surface area contributed by atoms with Gasteiger partial charge >= 0.3 is 0 Å². The van der Waals surface area contributed by atoms with Crippen molar-refractivity contribution in [1.82, 2.24) is 19.9 Å². The zero-order chi connectivity index (χ0) is 60.5. The molecular formula is C72H84N4O11. The van der Waals surface area contributed by atoms with Crippen LogP contribution < -0.4 is 28.4 Å². The summed E-state index contributed by atoms with van der Waals surface area (Å²) in [4.78, 5) is 19.4. The predicted octanol–water partition coefficient (Wildman–Crippen LogP) is 14.8. The molecule has 6 aliphatic heterocycles. The number of fused-ring (bicyclic) bond motifs is 2. The van der Waals surface area contributed by atoms with Crippen LogP contribution in [0.15, 0.2) is 109 Å². The molecule has 458 valence electrons. The van der Waals surface area contributed by atoms with E-state index in [1.54, 1.807) is 0 Å². The molecule has 0 unspecified atom stereocenters. The van der Waals surface area contributed by atoms with Crippen LogP contribution in [0.2, 0.25) is 0 Å². The van der Waals surface area contributed by atoms with Gasteiger partial charge in [-0.1, -0.05) is 64.1 Å². The van der Waals surface area contributed by atoms with Crippen molar-refractivity contribution < 1.29 is 52.1 Å². The van der Waals surface area contributed by atoms with Gasteiger partial charge in [-0.3, -0.25) is 0 Å². The third-order valence-electron chi connectivity index (χ3n) is 16.1. The Morgan fingerprint density at radius 1 is 0.356 bits per heavy atom. The highest BCUT2D eigenvalue weighted by Crippen LogP contribution is 2.47. The molecule has 14 bridgehead atoms. The number of H-pyrrole nitrogens is 2. The number of allylic oxidation sites excluding steroid dienone is 4. The molecule has 0 spiro atoms. The first kappa shape index (κ1) is 62.1. The molecular weight excluding hydrogens is 1100 g/mol. The van der Waals surface area contributed by atoms with Crippen molar-refractivity contribution in [3.8, 4) is 56.8 Å². The Balaban J connectivity index is 1.00. The summed E-state index contributed by atoms with van der Waals surface area (Å²) in [6, 6.07) is 36.2. The first-order chi connectivity index (χ1) is 42.7. The molecule has 9 heterocycles. The van der Waals surface area contributed by atoms with Crippen LogP contribution in [0.5, 0.6) is 34.5 Å². The number of hydrogen-bond donors (Lipinski definition) is 2. The Bertz CT molecular complexity index is 3570. The fourth-order valence-corrected chi connectivity index (χ4v) is 11.7. The summed E-state index contributed by atoms with van der Waals surface area (Å²) in [5.41, 5.74) is 20.9. The second kappa shape index (κ2) is 30.6. The van der Waals surface area contributed by atoms with E-state index in [0.29, 0.717) is 106 Å². The highest BCUT2D eigenvalue weighted by atomic mass is 16.6. The van der Waals surface area contributed by atoms with Crippen molar-refractivity contribution in [3.05, 3.63) is 154 Å². The molecule has 3 aromatic heterocycles. The minimum Gasteiger partial charge on any atom is -0.491 e. The normalized spacial score (nSPS) is 16.0. The Morgan fingerprint density at radius 2 is 0.667 bits per heavy atom. The molecule has 0 aliphatic carbocycles. The van der Waals surface area contributed by atoms with E-state index in [4.69, 9.17) is 62.1 Å². The van der Waals surface area contributed by atoms with Crippen molar-refractivity contribution >= 4 is 44.4 Å². The van der Waals surface area contributed by atoms with Crippen LogP contribution in [-0.2, 0) is 36.5 Å². The zero-order valence-corrected chi connectivity index (χ0v) is 51.9. The molecule has 7 aromatic rings. The summed E-state index contributed by atoms with van der Waals surface area (Å²) in [5.74, 6) is 4.41. The second-order valence-electron chi connectivity index (χ2n) is 21.5. The summed E-state index contributed by atoms with van der Waals surface area (Å²) >= 11 is 0. The molecule has 13 rings (SSSR count). The van der Waals surface area contributed by atoms with E-state index in [1.807, 2.05) is 66.7 Å². The quantitative estimate of drug-likeness (QED) is 0.172. The summed E-state index contributed by atoms with van der Waals surface area (Å²) in [6.07, 6.45) is 3.19. The Kier molecular flexibility index (Phi) is 21.9. The van der Waals surface area contributed by atoms with Gasteiger partial charge in [0.25, 0.3) is 0 Å². The number of nitrogens with zero attached hydrogens (tertiary/aromatic N) is 2. The number of nitrogens with one attached hydrogen (secondary N) is 2. The van der Waals surface area contributed by atoms with Gasteiger partial charge in [0, 0.05) is 33.3 Å². The van der Waals surface area contributed by atoms with Gasteiger partial charge in [0.15, 0.2) is 0 Å². The molecule has 0 fully saturated rings. The number of rotatable bonds is 4. The number of aryl methyl sites for hydroxylation is 4. The molecule has 2 N–H and O–H groups in total. The van der Waals surface area contributed by atoms with Crippen molar-refractivity contribution in [1.29, 1.82) is 0 Å². The molecule has 0 amide bonds. The molecule has 0 atom stereocenters. The van der Waals surface area contributed by atoms with Crippen molar-refractivity contribution in [2.45, 2.75) is 81.1 Å². The predicted molar refractivity (Wildman–Crippen MR) is 346 cm³/mol. The lowest BCUT2D eigenvalue weighted by Gasteiger charge is -2.15. The maximum absolute atomic E-state index is 6.71. The number of aromatic amines is 2. The summed E-state index contributed by atoms with van der Waals surface area (Å²) in [5, 5.41) is 0. The average molecular weight is 1180 g/mol. The van der Waals surface area contributed by atoms with Crippen molar-refractivity contribution in [3.63, 3.8) is 0 Å². The lowest BCUT2D eigenvalue weighted by atomic mass is 9.93. The van der Waals surface area contributed by atoms with Crippen LogP contribution in [-0.4, -0.2) is 126 Å². The van der Waals surface area contributed by atoms with Crippen LogP contribution in [0.4, 0.5) is 0 Å². The maximum atomic E-state index is 6.71. The lowest BCUT2D eigenvalue weighted by Crippen LogP contribution is -2.14. The Morgan fingerprint density at radius 3 is 1.00 bits per heavy atom. The molecule has 15 nitrogen and oxygen atoms in total. The fourth-order valence-electron chi connectivity index (χ4n) is 11.7. The maximum Gasteiger partial charge on any atom is 0.127 e. The van der Waals surface area contributed by atoms with Gasteiger partial charge in [-0.25, -0.2) is 9.97 Å². The lowest BCUT2D eigenvalue weighted by molar-refractivity contribution is 0.00498. The Labute approximate surface area is 511 Å². The van der Waals surface area contributed by atoms with E-state index in [2.05, 4.69) is 108 Å². The second-order valence-corrected chi connectivity index (χ2v) is 21.5. The molecule has 6 aliphatic rings. The van der Waals surface area contributed by atoms with Gasteiger partial charge in [-0.15, -0.1) is 0 Å². The van der Waals surface area contributed by atoms with E-state index in [1.165, 1.54) is 33.4 Å². The van der Waals surface area contributed by atoms with Gasteiger partial charge in [-0.2, -0.15) is 0 Å². The zero-order valence-electron chi connectivity index (χ0n) is 51.9. The molecule has 0 radical (unpaired) electrons. The van der Waals surface area contributed by atoms with Gasteiger partial charge in [0.1, 0.15) is 74.1 Å². The average Bonchev–Trinajstić information content (AvgIpc) is 1.76. The number of hydrogen-bond acceptors (Lipinski definition) is 13. The molecule has 87 heavy (non-hydrogen) atoms. The van der Waals surface area contributed by atoms with Crippen LogP contribution in [0.1, 0.15) is 99.4 Å². The van der Waals surface area contributed by atoms with E-state index < -0.39 is 0 Å².